The molecule has 2 heterocycles. The lowest BCUT2D eigenvalue weighted by atomic mass is 9.84. The number of nitrogens with zero attached hydrogens (tertiary/aromatic N) is 3. The Morgan fingerprint density at radius 1 is 1.00 bits per heavy atom. The number of aliphatic imine (C=N–C) groups is 1. The van der Waals surface area contributed by atoms with Gasteiger partial charge in [0.2, 0.25) is 0 Å². The van der Waals surface area contributed by atoms with E-state index >= 15 is 0 Å². The van der Waals surface area contributed by atoms with Crippen LogP contribution in [0.1, 0.15) is 44.1 Å². The van der Waals surface area contributed by atoms with E-state index in [9.17, 15) is 0 Å². The lowest BCUT2D eigenvalue weighted by Gasteiger charge is -2.50. The second-order valence-electron chi connectivity index (χ2n) is 8.52. The number of piperidine rings is 2. The summed E-state index contributed by atoms with van der Waals surface area (Å²) in [5, 5.41) is 7.19. The van der Waals surface area contributed by atoms with E-state index in [1.807, 2.05) is 7.05 Å². The van der Waals surface area contributed by atoms with Gasteiger partial charge in [-0.1, -0.05) is 36.8 Å². The van der Waals surface area contributed by atoms with Gasteiger partial charge in [-0.15, -0.1) is 24.0 Å². The second kappa shape index (κ2) is 12.7. The molecule has 0 saturated carbocycles. The van der Waals surface area contributed by atoms with E-state index in [-0.39, 0.29) is 29.5 Å². The van der Waals surface area contributed by atoms with Gasteiger partial charge >= 0.3 is 0 Å². The molecule has 2 saturated heterocycles. The van der Waals surface area contributed by atoms with Crippen molar-refractivity contribution in [2.75, 3.05) is 53.4 Å². The number of nitrogens with one attached hydrogen (secondary N) is 2. The van der Waals surface area contributed by atoms with Gasteiger partial charge in [0, 0.05) is 25.7 Å². The molecule has 0 unspecified atom stereocenters. The van der Waals surface area contributed by atoms with E-state index in [1.54, 1.807) is 0 Å². The summed E-state index contributed by atoms with van der Waals surface area (Å²) in [7, 11) is 4.13. The third-order valence-corrected chi connectivity index (χ3v) is 6.53. The summed E-state index contributed by atoms with van der Waals surface area (Å²) < 4.78 is 0. The molecule has 2 N–H and O–H groups in total. The number of rotatable bonds is 7. The lowest BCUT2D eigenvalue weighted by Crippen LogP contribution is -2.62. The second-order valence-corrected chi connectivity index (χ2v) is 8.52. The fourth-order valence-corrected chi connectivity index (χ4v) is 4.62. The van der Waals surface area contributed by atoms with Crippen LogP contribution in [0.2, 0.25) is 0 Å². The molecule has 0 spiro atoms. The van der Waals surface area contributed by atoms with Crippen molar-refractivity contribution >= 4 is 29.9 Å². The molecular formula is C23H40IN5. The van der Waals surface area contributed by atoms with E-state index in [0.717, 1.165) is 31.9 Å². The summed E-state index contributed by atoms with van der Waals surface area (Å²) in [4.78, 5) is 9.72. The molecule has 6 heteroatoms. The molecule has 0 amide bonds. The molecular weight excluding hydrogens is 473 g/mol. The van der Waals surface area contributed by atoms with Crippen molar-refractivity contribution in [3.63, 3.8) is 0 Å². The first kappa shape index (κ1) is 24.4. The lowest BCUT2D eigenvalue weighted by molar-refractivity contribution is 0.0173. The smallest absolute Gasteiger partial charge is 0.191 e. The Balaban J connectivity index is 0.00000300. The predicted molar refractivity (Wildman–Crippen MR) is 134 cm³/mol. The van der Waals surface area contributed by atoms with Crippen LogP contribution in [0, 0.1) is 0 Å². The minimum absolute atomic E-state index is 0. The van der Waals surface area contributed by atoms with E-state index in [4.69, 9.17) is 0 Å². The highest BCUT2D eigenvalue weighted by Crippen LogP contribution is 2.30. The highest BCUT2D eigenvalue weighted by molar-refractivity contribution is 14.0. The average molecular weight is 514 g/mol. The average Bonchev–Trinajstić information content (AvgIpc) is 2.76. The van der Waals surface area contributed by atoms with Crippen molar-refractivity contribution in [1.29, 1.82) is 0 Å². The van der Waals surface area contributed by atoms with Crippen molar-refractivity contribution in [3.05, 3.63) is 35.9 Å². The SMILES string of the molecule is CN=C(NCCCc1ccccc1)NCC1(N2CCCCC2)CCN(C)CC1.I. The summed E-state index contributed by atoms with van der Waals surface area (Å²) in [5.74, 6) is 0.948. The van der Waals surface area contributed by atoms with Gasteiger partial charge in [0.15, 0.2) is 5.96 Å². The quantitative estimate of drug-likeness (QED) is 0.254. The Kier molecular flexibility index (Phi) is 10.7. The summed E-state index contributed by atoms with van der Waals surface area (Å²) in [6.45, 7) is 6.86. The molecule has 164 valence electrons. The summed E-state index contributed by atoms with van der Waals surface area (Å²) >= 11 is 0. The number of likely N-dealkylation sites (tertiary alicyclic amines) is 2. The van der Waals surface area contributed by atoms with Gasteiger partial charge in [0.05, 0.1) is 0 Å². The van der Waals surface area contributed by atoms with Crippen LogP contribution in [-0.2, 0) is 6.42 Å². The van der Waals surface area contributed by atoms with Gasteiger partial charge in [-0.3, -0.25) is 9.89 Å². The Morgan fingerprint density at radius 3 is 2.34 bits per heavy atom. The van der Waals surface area contributed by atoms with Crippen molar-refractivity contribution in [2.24, 2.45) is 4.99 Å². The number of guanidine groups is 1. The number of hydrogen-bond donors (Lipinski definition) is 2. The maximum absolute atomic E-state index is 4.47. The molecule has 0 aromatic heterocycles. The first-order valence-electron chi connectivity index (χ1n) is 11.1. The highest BCUT2D eigenvalue weighted by atomic mass is 127. The van der Waals surface area contributed by atoms with Gasteiger partial charge in [-0.25, -0.2) is 0 Å². The monoisotopic (exact) mass is 513 g/mol. The van der Waals surface area contributed by atoms with Gasteiger partial charge in [-0.2, -0.15) is 0 Å². The van der Waals surface area contributed by atoms with Crippen LogP contribution in [0.5, 0.6) is 0 Å². The van der Waals surface area contributed by atoms with Gasteiger partial charge in [0.1, 0.15) is 0 Å². The van der Waals surface area contributed by atoms with Crippen LogP contribution >= 0.6 is 24.0 Å². The van der Waals surface area contributed by atoms with Crippen LogP contribution in [-0.4, -0.2) is 74.7 Å². The van der Waals surface area contributed by atoms with Crippen LogP contribution in [0.15, 0.2) is 35.3 Å². The summed E-state index contributed by atoms with van der Waals surface area (Å²) in [5.41, 5.74) is 1.69. The fourth-order valence-electron chi connectivity index (χ4n) is 4.62. The van der Waals surface area contributed by atoms with Gasteiger partial charge < -0.3 is 15.5 Å². The largest absolute Gasteiger partial charge is 0.356 e. The first-order valence-corrected chi connectivity index (χ1v) is 11.1. The first-order chi connectivity index (χ1) is 13.7. The minimum Gasteiger partial charge on any atom is -0.356 e. The molecule has 0 radical (unpaired) electrons. The van der Waals surface area contributed by atoms with Crippen LogP contribution in [0.3, 0.4) is 0 Å². The Hall–Kier alpha value is -0.860. The number of hydrogen-bond acceptors (Lipinski definition) is 3. The Morgan fingerprint density at radius 2 is 1.69 bits per heavy atom. The van der Waals surface area contributed by atoms with E-state index in [2.05, 4.69) is 62.8 Å². The van der Waals surface area contributed by atoms with Gasteiger partial charge in [0.25, 0.3) is 0 Å². The summed E-state index contributed by atoms with van der Waals surface area (Å²) in [6, 6.07) is 10.7. The van der Waals surface area contributed by atoms with Crippen LogP contribution < -0.4 is 10.6 Å². The summed E-state index contributed by atoms with van der Waals surface area (Å²) in [6.07, 6.45) is 8.82. The van der Waals surface area contributed by atoms with E-state index in [0.29, 0.717) is 0 Å². The zero-order valence-corrected chi connectivity index (χ0v) is 20.7. The topological polar surface area (TPSA) is 42.9 Å². The fraction of sp³-hybridized carbons (Fsp3) is 0.696. The minimum atomic E-state index is 0. The molecule has 0 bridgehead atoms. The molecule has 0 aliphatic carbocycles. The molecule has 3 rings (SSSR count). The van der Waals surface area contributed by atoms with Crippen LogP contribution in [0.4, 0.5) is 0 Å². The number of halogens is 1. The van der Waals surface area contributed by atoms with Gasteiger partial charge in [-0.05, 0) is 77.3 Å². The molecule has 29 heavy (non-hydrogen) atoms. The molecule has 1 aromatic rings. The Labute approximate surface area is 194 Å². The predicted octanol–water partition coefficient (Wildman–Crippen LogP) is 3.35. The molecule has 0 atom stereocenters. The molecule has 1 aromatic carbocycles. The maximum Gasteiger partial charge on any atom is 0.191 e. The zero-order chi connectivity index (χ0) is 19.7. The zero-order valence-electron chi connectivity index (χ0n) is 18.3. The molecule has 5 nitrogen and oxygen atoms in total. The normalized spacial score (nSPS) is 20.7. The van der Waals surface area contributed by atoms with Crippen LogP contribution in [0.25, 0.3) is 0 Å². The number of aryl methyl sites for hydroxylation is 1. The maximum atomic E-state index is 4.47. The number of benzene rings is 1. The van der Waals surface area contributed by atoms with Crippen molar-refractivity contribution in [1.82, 2.24) is 20.4 Å². The molecule has 2 aliphatic heterocycles. The van der Waals surface area contributed by atoms with E-state index < -0.39 is 0 Å². The third kappa shape index (κ3) is 7.40. The highest BCUT2D eigenvalue weighted by Gasteiger charge is 2.39. The molecule has 2 aliphatic rings. The van der Waals surface area contributed by atoms with Crippen molar-refractivity contribution in [2.45, 2.75) is 50.5 Å². The Bertz CT molecular complexity index is 593. The standard InChI is InChI=1S/C23H39N5.HI/c1-24-22(25-15-9-12-21-10-5-3-6-11-21)26-20-23(13-18-27(2)19-14-23)28-16-7-4-8-17-28;/h3,5-6,10-11H,4,7-9,12-20H2,1-2H3,(H2,24,25,26);1H. The van der Waals surface area contributed by atoms with E-state index in [1.165, 1.54) is 63.8 Å². The third-order valence-electron chi connectivity index (χ3n) is 6.53. The molecule has 2 fully saturated rings. The van der Waals surface area contributed by atoms with Crippen molar-refractivity contribution < 1.29 is 0 Å². The van der Waals surface area contributed by atoms with Crippen molar-refractivity contribution in [3.8, 4) is 0 Å².